The fourth-order valence-corrected chi connectivity index (χ4v) is 3.63. The van der Waals surface area contributed by atoms with E-state index in [1.54, 1.807) is 0 Å². The van der Waals surface area contributed by atoms with Crippen LogP contribution in [0.3, 0.4) is 0 Å². The summed E-state index contributed by atoms with van der Waals surface area (Å²) in [6.07, 6.45) is 0. The summed E-state index contributed by atoms with van der Waals surface area (Å²) >= 11 is 3.51. The molecule has 1 aliphatic heterocycles. The number of phenols is 1. The lowest BCUT2D eigenvalue weighted by molar-refractivity contribution is 0.245. The van der Waals surface area contributed by atoms with Crippen LogP contribution in [0.5, 0.6) is 11.6 Å². The van der Waals surface area contributed by atoms with Gasteiger partial charge in [-0.25, -0.2) is 0 Å². The predicted molar refractivity (Wildman–Crippen MR) is 101 cm³/mol. The van der Waals surface area contributed by atoms with E-state index in [9.17, 15) is 5.11 Å². The highest BCUT2D eigenvalue weighted by atomic mass is 79.9. The number of aromatic hydroxyl groups is 1. The van der Waals surface area contributed by atoms with Crippen LogP contribution in [-0.2, 0) is 6.54 Å². The molecule has 0 unspecified atom stereocenters. The van der Waals surface area contributed by atoms with E-state index < -0.39 is 0 Å². The second-order valence-corrected chi connectivity index (χ2v) is 7.07. The van der Waals surface area contributed by atoms with Gasteiger partial charge in [-0.15, -0.1) is 10.2 Å². The molecule has 1 aromatic carbocycles. The van der Waals surface area contributed by atoms with Crippen molar-refractivity contribution in [1.82, 2.24) is 15.1 Å². The van der Waals surface area contributed by atoms with Gasteiger partial charge in [0.2, 0.25) is 5.88 Å². The van der Waals surface area contributed by atoms with Crippen LogP contribution in [0.25, 0.3) is 0 Å². The smallest absolute Gasteiger partial charge is 0.233 e. The minimum atomic E-state index is 0.392. The normalized spacial score (nSPS) is 15.4. The molecule has 1 aromatic heterocycles. The van der Waals surface area contributed by atoms with Crippen molar-refractivity contribution in [2.24, 2.45) is 0 Å². The van der Waals surface area contributed by atoms with Crippen LogP contribution in [0.2, 0.25) is 0 Å². The van der Waals surface area contributed by atoms with Crippen molar-refractivity contribution in [3.05, 3.63) is 39.9 Å². The molecular weight excluding hydrogens is 384 g/mol. The molecule has 0 aliphatic carbocycles. The van der Waals surface area contributed by atoms with Crippen molar-refractivity contribution < 1.29 is 9.84 Å². The van der Waals surface area contributed by atoms with Crippen LogP contribution < -0.4 is 9.64 Å². The maximum Gasteiger partial charge on any atom is 0.233 e. The minimum absolute atomic E-state index is 0.392. The quantitative estimate of drug-likeness (QED) is 0.823. The Bertz CT molecular complexity index is 716. The summed E-state index contributed by atoms with van der Waals surface area (Å²) in [6, 6.07) is 7.74. The molecule has 7 heteroatoms. The van der Waals surface area contributed by atoms with Crippen LogP contribution in [0.1, 0.15) is 18.1 Å². The van der Waals surface area contributed by atoms with Crippen LogP contribution >= 0.6 is 15.9 Å². The first-order chi connectivity index (χ1) is 12.1. The number of aryl methyl sites for hydroxylation is 1. The van der Waals surface area contributed by atoms with Crippen LogP contribution in [0.15, 0.2) is 28.7 Å². The number of nitrogens with zero attached hydrogens (tertiary/aromatic N) is 4. The topological polar surface area (TPSA) is 61.7 Å². The summed E-state index contributed by atoms with van der Waals surface area (Å²) in [6.45, 7) is 8.79. The van der Waals surface area contributed by atoms with Crippen molar-refractivity contribution in [3.8, 4) is 11.6 Å². The first kappa shape index (κ1) is 17.9. The highest BCUT2D eigenvalue weighted by Crippen LogP contribution is 2.28. The second kappa shape index (κ2) is 8.01. The van der Waals surface area contributed by atoms with Crippen molar-refractivity contribution in [3.63, 3.8) is 0 Å². The largest absolute Gasteiger partial charge is 0.507 e. The zero-order valence-electron chi connectivity index (χ0n) is 14.6. The van der Waals surface area contributed by atoms with E-state index in [1.165, 1.54) is 0 Å². The van der Waals surface area contributed by atoms with Crippen LogP contribution in [-0.4, -0.2) is 53.0 Å². The molecule has 0 radical (unpaired) electrons. The number of hydrogen-bond acceptors (Lipinski definition) is 6. The van der Waals surface area contributed by atoms with Gasteiger partial charge in [-0.05, 0) is 37.6 Å². The lowest BCUT2D eigenvalue weighted by Crippen LogP contribution is -2.46. The van der Waals surface area contributed by atoms with Crippen molar-refractivity contribution in [2.45, 2.75) is 20.4 Å². The molecule has 3 rings (SSSR count). The fraction of sp³-hybridized carbons (Fsp3) is 0.444. The molecule has 1 fully saturated rings. The Morgan fingerprint density at radius 1 is 1.16 bits per heavy atom. The molecule has 0 bridgehead atoms. The number of rotatable bonds is 5. The van der Waals surface area contributed by atoms with Gasteiger partial charge in [0.1, 0.15) is 5.75 Å². The third-order valence-corrected chi connectivity index (χ3v) is 4.81. The van der Waals surface area contributed by atoms with Gasteiger partial charge in [0, 0.05) is 48.8 Å². The first-order valence-electron chi connectivity index (χ1n) is 8.48. The Kier molecular flexibility index (Phi) is 5.75. The predicted octanol–water partition coefficient (Wildman–Crippen LogP) is 2.97. The van der Waals surface area contributed by atoms with Gasteiger partial charge in [0.05, 0.1) is 6.61 Å². The fourth-order valence-electron chi connectivity index (χ4n) is 3.01. The SMILES string of the molecule is CCOc1ccc(N2CCN(Cc3cc(Br)cc(C)c3O)CC2)nn1. The maximum atomic E-state index is 10.3. The number of aromatic nitrogens is 2. The summed E-state index contributed by atoms with van der Waals surface area (Å²) < 4.78 is 6.34. The second-order valence-electron chi connectivity index (χ2n) is 6.16. The average molecular weight is 407 g/mol. The third-order valence-electron chi connectivity index (χ3n) is 4.35. The van der Waals surface area contributed by atoms with E-state index in [2.05, 4.69) is 35.9 Å². The number of piperazine rings is 1. The van der Waals surface area contributed by atoms with E-state index in [4.69, 9.17) is 4.74 Å². The summed E-state index contributed by atoms with van der Waals surface area (Å²) in [5.41, 5.74) is 1.86. The summed E-state index contributed by atoms with van der Waals surface area (Å²) in [4.78, 5) is 4.57. The van der Waals surface area contributed by atoms with Crippen molar-refractivity contribution >= 4 is 21.7 Å². The van der Waals surface area contributed by atoms with Crippen LogP contribution in [0.4, 0.5) is 5.82 Å². The van der Waals surface area contributed by atoms with Gasteiger partial charge in [-0.2, -0.15) is 0 Å². The Hall–Kier alpha value is -1.86. The number of benzene rings is 1. The molecule has 0 atom stereocenters. The van der Waals surface area contributed by atoms with Gasteiger partial charge < -0.3 is 14.7 Å². The summed E-state index contributed by atoms with van der Waals surface area (Å²) in [5, 5.41) is 18.6. The van der Waals surface area contributed by atoms with Gasteiger partial charge in [0.25, 0.3) is 0 Å². The average Bonchev–Trinajstić information content (AvgIpc) is 2.61. The van der Waals surface area contributed by atoms with Crippen molar-refractivity contribution in [1.29, 1.82) is 0 Å². The summed E-state index contributed by atoms with van der Waals surface area (Å²) in [7, 11) is 0. The Morgan fingerprint density at radius 2 is 1.92 bits per heavy atom. The molecule has 1 saturated heterocycles. The number of hydrogen-bond donors (Lipinski definition) is 1. The Balaban J connectivity index is 1.58. The number of ether oxygens (including phenoxy) is 1. The summed E-state index contributed by atoms with van der Waals surface area (Å²) in [5.74, 6) is 1.83. The highest BCUT2D eigenvalue weighted by Gasteiger charge is 2.20. The molecule has 6 nitrogen and oxygen atoms in total. The first-order valence-corrected chi connectivity index (χ1v) is 9.28. The Labute approximate surface area is 156 Å². The molecule has 25 heavy (non-hydrogen) atoms. The van der Waals surface area contributed by atoms with Crippen LogP contribution in [0, 0.1) is 6.92 Å². The van der Waals surface area contributed by atoms with E-state index in [1.807, 2.05) is 38.1 Å². The van der Waals surface area contributed by atoms with E-state index in [0.29, 0.717) is 18.2 Å². The minimum Gasteiger partial charge on any atom is -0.507 e. The molecule has 0 amide bonds. The Morgan fingerprint density at radius 3 is 2.56 bits per heavy atom. The standard InChI is InChI=1S/C18H23BrN4O2/c1-3-25-17-5-4-16(20-21-17)23-8-6-22(7-9-23)12-14-11-15(19)10-13(2)18(14)24/h4-5,10-11,24H,3,6-9,12H2,1-2H3. The van der Waals surface area contributed by atoms with Gasteiger partial charge in [-0.3, -0.25) is 4.90 Å². The van der Waals surface area contributed by atoms with Gasteiger partial charge in [-0.1, -0.05) is 15.9 Å². The molecule has 1 N–H and O–H groups in total. The van der Waals surface area contributed by atoms with Gasteiger partial charge >= 0.3 is 0 Å². The lowest BCUT2D eigenvalue weighted by Gasteiger charge is -2.35. The van der Waals surface area contributed by atoms with E-state index >= 15 is 0 Å². The molecule has 0 spiro atoms. The molecule has 1 aliphatic rings. The number of anilines is 1. The molecular formula is C18H23BrN4O2. The third kappa shape index (κ3) is 4.41. The van der Waals surface area contributed by atoms with Gasteiger partial charge in [0.15, 0.2) is 5.82 Å². The molecule has 2 aromatic rings. The van der Waals surface area contributed by atoms with E-state index in [-0.39, 0.29) is 0 Å². The zero-order chi connectivity index (χ0) is 17.8. The number of phenolic OH excluding ortho intramolecular Hbond substituents is 1. The monoisotopic (exact) mass is 406 g/mol. The van der Waals surface area contributed by atoms with Crippen molar-refractivity contribution in [2.75, 3.05) is 37.7 Å². The number of halogens is 1. The van der Waals surface area contributed by atoms with E-state index in [0.717, 1.165) is 54.1 Å². The zero-order valence-corrected chi connectivity index (χ0v) is 16.2. The molecule has 2 heterocycles. The molecule has 134 valence electrons. The maximum absolute atomic E-state index is 10.3. The molecule has 0 saturated carbocycles. The highest BCUT2D eigenvalue weighted by molar-refractivity contribution is 9.10. The lowest BCUT2D eigenvalue weighted by atomic mass is 10.1.